The lowest BCUT2D eigenvalue weighted by Crippen LogP contribution is -2.44. The third-order valence-corrected chi connectivity index (χ3v) is 4.54. The Morgan fingerprint density at radius 3 is 2.77 bits per heavy atom. The number of anilines is 1. The van der Waals surface area contributed by atoms with Crippen LogP contribution in [0.2, 0.25) is 5.02 Å². The zero-order valence-electron chi connectivity index (χ0n) is 13.8. The summed E-state index contributed by atoms with van der Waals surface area (Å²) in [6, 6.07) is 12.5. The third kappa shape index (κ3) is 4.23. The molecule has 2 aromatic carbocycles. The topological polar surface area (TPSA) is 71.0 Å². The number of hydrazone groups is 1. The second kappa shape index (κ2) is 7.88. The van der Waals surface area contributed by atoms with Crippen LogP contribution in [0, 0.1) is 0 Å². The third-order valence-electron chi connectivity index (χ3n) is 3.78. The average Bonchev–Trinajstić information content (AvgIpc) is 2.63. The molecule has 3 rings (SSSR count). The summed E-state index contributed by atoms with van der Waals surface area (Å²) in [6.07, 6.45) is 0. The van der Waals surface area contributed by atoms with Crippen molar-refractivity contribution in [1.29, 1.82) is 0 Å². The second-order valence-corrected chi connectivity index (χ2v) is 6.97. The molecule has 1 aliphatic heterocycles. The van der Waals surface area contributed by atoms with E-state index in [2.05, 4.69) is 26.5 Å². The molecule has 0 saturated heterocycles. The number of hydrogen-bond donors (Lipinski definition) is 1. The number of fused-ring (bicyclic) bond motifs is 1. The van der Waals surface area contributed by atoms with E-state index < -0.39 is 5.91 Å². The van der Waals surface area contributed by atoms with E-state index in [1.807, 2.05) is 24.3 Å². The van der Waals surface area contributed by atoms with E-state index >= 15 is 0 Å². The minimum absolute atomic E-state index is 0.122. The number of nitrogens with zero attached hydrogens (tertiary/aromatic N) is 2. The van der Waals surface area contributed by atoms with E-state index in [4.69, 9.17) is 16.3 Å². The predicted octanol–water partition coefficient (Wildman–Crippen LogP) is 3.37. The molecule has 0 atom stereocenters. The van der Waals surface area contributed by atoms with Gasteiger partial charge in [-0.15, -0.1) is 0 Å². The predicted molar refractivity (Wildman–Crippen MR) is 104 cm³/mol. The number of carbonyl (C=O) groups excluding carboxylic acids is 2. The van der Waals surface area contributed by atoms with Gasteiger partial charge in [-0.2, -0.15) is 5.10 Å². The number of halogens is 2. The molecular weight excluding hydrogens is 422 g/mol. The van der Waals surface area contributed by atoms with Crippen LogP contribution in [0.15, 0.2) is 52.0 Å². The Kier molecular flexibility index (Phi) is 5.58. The fourth-order valence-corrected chi connectivity index (χ4v) is 2.86. The molecule has 8 heteroatoms. The lowest BCUT2D eigenvalue weighted by Gasteiger charge is -2.28. The van der Waals surface area contributed by atoms with Gasteiger partial charge in [0.1, 0.15) is 12.3 Å². The van der Waals surface area contributed by atoms with E-state index in [-0.39, 0.29) is 19.1 Å². The largest absolute Gasteiger partial charge is 0.482 e. The maximum atomic E-state index is 12.2. The van der Waals surface area contributed by atoms with Gasteiger partial charge in [0.2, 0.25) is 0 Å². The highest BCUT2D eigenvalue weighted by atomic mass is 79.9. The fraction of sp³-hybridized carbons (Fsp3) is 0.167. The quantitative estimate of drug-likeness (QED) is 0.590. The summed E-state index contributed by atoms with van der Waals surface area (Å²) in [5, 5.41) is 4.55. The van der Waals surface area contributed by atoms with Gasteiger partial charge in [-0.25, -0.2) is 5.43 Å². The number of rotatable bonds is 4. The van der Waals surface area contributed by atoms with Crippen molar-refractivity contribution in [2.75, 3.05) is 18.1 Å². The van der Waals surface area contributed by atoms with Gasteiger partial charge in [-0.3, -0.25) is 14.5 Å². The molecule has 0 aromatic heterocycles. The Hall–Kier alpha value is -2.38. The summed E-state index contributed by atoms with van der Waals surface area (Å²) in [6.45, 7) is 1.49. The number of amides is 2. The van der Waals surface area contributed by atoms with Gasteiger partial charge in [0.25, 0.3) is 11.8 Å². The highest BCUT2D eigenvalue weighted by Gasteiger charge is 2.27. The fourth-order valence-electron chi connectivity index (χ4n) is 2.43. The highest BCUT2D eigenvalue weighted by molar-refractivity contribution is 9.10. The molecule has 2 aromatic rings. The van der Waals surface area contributed by atoms with Crippen molar-refractivity contribution >= 4 is 50.7 Å². The molecule has 0 bridgehead atoms. The summed E-state index contributed by atoms with van der Waals surface area (Å²) < 4.78 is 6.31. The average molecular weight is 437 g/mol. The molecule has 1 aliphatic rings. The van der Waals surface area contributed by atoms with E-state index in [1.54, 1.807) is 25.1 Å². The van der Waals surface area contributed by atoms with Crippen molar-refractivity contribution in [2.45, 2.75) is 6.92 Å². The number of nitrogens with one attached hydrogen (secondary N) is 1. The van der Waals surface area contributed by atoms with Crippen LogP contribution in [0.4, 0.5) is 5.69 Å². The minimum Gasteiger partial charge on any atom is -0.482 e. The van der Waals surface area contributed by atoms with E-state index in [0.29, 0.717) is 22.2 Å². The number of benzene rings is 2. The molecule has 1 N–H and O–H groups in total. The molecular formula is C18H15BrClN3O3. The molecule has 0 spiro atoms. The lowest BCUT2D eigenvalue weighted by molar-refractivity contribution is -0.125. The zero-order valence-corrected chi connectivity index (χ0v) is 16.2. The summed E-state index contributed by atoms with van der Waals surface area (Å²) in [7, 11) is 0. The smallest absolute Gasteiger partial charge is 0.265 e. The Labute approximate surface area is 163 Å². The van der Waals surface area contributed by atoms with Crippen molar-refractivity contribution in [1.82, 2.24) is 5.43 Å². The Morgan fingerprint density at radius 1 is 1.31 bits per heavy atom. The van der Waals surface area contributed by atoms with Gasteiger partial charge in [0.05, 0.1) is 11.4 Å². The van der Waals surface area contributed by atoms with Crippen LogP contribution in [0.3, 0.4) is 0 Å². The Morgan fingerprint density at radius 2 is 2.04 bits per heavy atom. The summed E-state index contributed by atoms with van der Waals surface area (Å²) in [5.74, 6) is -0.220. The highest BCUT2D eigenvalue weighted by Crippen LogP contribution is 2.34. The van der Waals surface area contributed by atoms with Gasteiger partial charge in [-0.05, 0) is 42.8 Å². The van der Waals surface area contributed by atoms with Crippen molar-refractivity contribution < 1.29 is 14.3 Å². The van der Waals surface area contributed by atoms with Gasteiger partial charge in [0.15, 0.2) is 6.61 Å². The van der Waals surface area contributed by atoms with Gasteiger partial charge >= 0.3 is 0 Å². The van der Waals surface area contributed by atoms with Crippen LogP contribution < -0.4 is 15.1 Å². The first-order valence-electron chi connectivity index (χ1n) is 7.76. The number of ether oxygens (including phenoxy) is 1. The molecule has 0 radical (unpaired) electrons. The lowest BCUT2D eigenvalue weighted by atomic mass is 10.1. The minimum atomic E-state index is -0.414. The van der Waals surface area contributed by atoms with Crippen LogP contribution in [-0.2, 0) is 9.59 Å². The van der Waals surface area contributed by atoms with Gasteiger partial charge in [-0.1, -0.05) is 39.7 Å². The van der Waals surface area contributed by atoms with Crippen molar-refractivity contribution in [3.63, 3.8) is 0 Å². The maximum Gasteiger partial charge on any atom is 0.265 e. The van der Waals surface area contributed by atoms with Crippen LogP contribution >= 0.6 is 27.5 Å². The molecule has 134 valence electrons. The normalized spacial score (nSPS) is 13.9. The Bertz CT molecular complexity index is 884. The second-order valence-electron chi connectivity index (χ2n) is 5.62. The summed E-state index contributed by atoms with van der Waals surface area (Å²) in [4.78, 5) is 25.7. The molecule has 6 nitrogen and oxygen atoms in total. The zero-order chi connectivity index (χ0) is 18.7. The standard InChI is InChI=1S/C18H15BrClN3O3/c1-11(12-2-4-13(19)5-3-12)21-22-17(24)9-23-15-8-14(20)6-7-16(15)26-10-18(23)25/h2-8H,9-10H2,1H3,(H,22,24)/b21-11+. The molecule has 26 heavy (non-hydrogen) atoms. The van der Waals surface area contributed by atoms with Crippen molar-refractivity contribution in [3.05, 3.63) is 57.5 Å². The molecule has 1 heterocycles. The molecule has 0 fully saturated rings. The van der Waals surface area contributed by atoms with Crippen LogP contribution in [-0.4, -0.2) is 30.7 Å². The van der Waals surface area contributed by atoms with Crippen LogP contribution in [0.5, 0.6) is 5.75 Å². The van der Waals surface area contributed by atoms with E-state index in [1.165, 1.54) is 4.90 Å². The van der Waals surface area contributed by atoms with Crippen molar-refractivity contribution in [3.8, 4) is 5.75 Å². The van der Waals surface area contributed by atoms with Crippen LogP contribution in [0.1, 0.15) is 12.5 Å². The summed E-state index contributed by atoms with van der Waals surface area (Å²) in [5.41, 5.74) is 4.49. The van der Waals surface area contributed by atoms with Crippen LogP contribution in [0.25, 0.3) is 0 Å². The first-order chi connectivity index (χ1) is 12.4. The molecule has 0 unspecified atom stereocenters. The molecule has 0 saturated carbocycles. The van der Waals surface area contributed by atoms with Gasteiger partial charge in [0, 0.05) is 9.50 Å². The Balaban J connectivity index is 1.70. The molecule has 2 amide bonds. The first kappa shape index (κ1) is 18.4. The summed E-state index contributed by atoms with van der Waals surface area (Å²) >= 11 is 9.36. The number of carbonyl (C=O) groups is 2. The van der Waals surface area contributed by atoms with Crippen molar-refractivity contribution in [2.24, 2.45) is 5.10 Å². The first-order valence-corrected chi connectivity index (χ1v) is 8.93. The number of hydrogen-bond acceptors (Lipinski definition) is 4. The maximum absolute atomic E-state index is 12.2. The SMILES string of the molecule is C/C(=N\NC(=O)CN1C(=O)COc2ccc(Cl)cc21)c1ccc(Br)cc1. The van der Waals surface area contributed by atoms with E-state index in [0.717, 1.165) is 10.0 Å². The monoisotopic (exact) mass is 435 g/mol. The molecule has 0 aliphatic carbocycles. The van der Waals surface area contributed by atoms with E-state index in [9.17, 15) is 9.59 Å². The van der Waals surface area contributed by atoms with Gasteiger partial charge < -0.3 is 4.74 Å².